The highest BCUT2D eigenvalue weighted by molar-refractivity contribution is 5.93. The van der Waals surface area contributed by atoms with Gasteiger partial charge in [-0.05, 0) is 12.0 Å². The van der Waals surface area contributed by atoms with Crippen LogP contribution < -0.4 is 15.1 Å². The van der Waals surface area contributed by atoms with Gasteiger partial charge in [0.15, 0.2) is 0 Å². The van der Waals surface area contributed by atoms with Crippen LogP contribution in [0.15, 0.2) is 21.3 Å². The molecule has 0 amide bonds. The van der Waals surface area contributed by atoms with Gasteiger partial charge in [0.1, 0.15) is 17.1 Å². The van der Waals surface area contributed by atoms with Gasteiger partial charge in [-0.2, -0.15) is 0 Å². The van der Waals surface area contributed by atoms with Crippen LogP contribution >= 0.6 is 0 Å². The number of benzene rings is 1. The maximum Gasteiger partial charge on any atom is 0.336 e. The van der Waals surface area contributed by atoms with Gasteiger partial charge in [-0.15, -0.1) is 0 Å². The second-order valence-electron chi connectivity index (χ2n) is 6.15. The highest BCUT2D eigenvalue weighted by atomic mass is 16.7. The standard InChI is InChI=1S/C18H16O8/c1-22-10-7-11-16(9-6-14(21)26-18(9)24-11)17-15(10)8(5-13(20)25-17)3-4-12(19)23-2/h5,7,9,18H,3-4,6H2,1-2H3. The summed E-state index contributed by atoms with van der Waals surface area (Å²) in [6, 6.07) is 3.02. The predicted octanol–water partition coefficient (Wildman–Crippen LogP) is 1.66. The first-order valence-electron chi connectivity index (χ1n) is 8.12. The van der Waals surface area contributed by atoms with Crippen molar-refractivity contribution >= 4 is 22.9 Å². The molecule has 8 heteroatoms. The van der Waals surface area contributed by atoms with Gasteiger partial charge in [-0.3, -0.25) is 9.59 Å². The molecule has 136 valence electrons. The lowest BCUT2D eigenvalue weighted by molar-refractivity contribution is -0.150. The minimum absolute atomic E-state index is 0.111. The Hall–Kier alpha value is -3.03. The van der Waals surface area contributed by atoms with Crippen molar-refractivity contribution in [3.63, 3.8) is 0 Å². The van der Waals surface area contributed by atoms with Crippen LogP contribution in [0.1, 0.15) is 29.9 Å². The van der Waals surface area contributed by atoms with E-state index in [1.807, 2.05) is 0 Å². The van der Waals surface area contributed by atoms with Crippen LogP contribution in [0, 0.1) is 0 Å². The summed E-state index contributed by atoms with van der Waals surface area (Å²) in [5.74, 6) is -0.174. The molecule has 2 unspecified atom stereocenters. The van der Waals surface area contributed by atoms with Crippen molar-refractivity contribution in [3.8, 4) is 11.5 Å². The summed E-state index contributed by atoms with van der Waals surface area (Å²) in [6.45, 7) is 0. The van der Waals surface area contributed by atoms with Gasteiger partial charge >= 0.3 is 17.6 Å². The van der Waals surface area contributed by atoms with Gasteiger partial charge < -0.3 is 23.4 Å². The topological polar surface area (TPSA) is 101 Å². The lowest BCUT2D eigenvalue weighted by Crippen LogP contribution is -2.14. The summed E-state index contributed by atoms with van der Waals surface area (Å²) in [6.07, 6.45) is -0.181. The zero-order chi connectivity index (χ0) is 18.4. The van der Waals surface area contributed by atoms with Gasteiger partial charge in [0.25, 0.3) is 6.29 Å². The van der Waals surface area contributed by atoms with E-state index in [-0.39, 0.29) is 37.1 Å². The lowest BCUT2D eigenvalue weighted by atomic mass is 9.93. The number of carbonyl (C=O) groups excluding carboxylic acids is 2. The summed E-state index contributed by atoms with van der Waals surface area (Å²) in [7, 11) is 2.80. The van der Waals surface area contributed by atoms with E-state index in [0.29, 0.717) is 33.6 Å². The Bertz CT molecular complexity index is 973. The first-order chi connectivity index (χ1) is 12.5. The van der Waals surface area contributed by atoms with Crippen molar-refractivity contribution in [3.05, 3.63) is 33.7 Å². The molecule has 0 aliphatic carbocycles. The molecule has 0 radical (unpaired) electrons. The van der Waals surface area contributed by atoms with Gasteiger partial charge in [0.05, 0.1) is 31.9 Å². The summed E-state index contributed by atoms with van der Waals surface area (Å²) in [5, 5.41) is 0.582. The van der Waals surface area contributed by atoms with Crippen LogP contribution in [0.25, 0.3) is 11.0 Å². The van der Waals surface area contributed by atoms with Crippen LogP contribution in [0.2, 0.25) is 0 Å². The highest BCUT2D eigenvalue weighted by Crippen LogP contribution is 2.50. The number of hydrogen-bond acceptors (Lipinski definition) is 8. The third-order valence-corrected chi connectivity index (χ3v) is 4.68. The highest BCUT2D eigenvalue weighted by Gasteiger charge is 2.46. The van der Waals surface area contributed by atoms with Crippen molar-refractivity contribution in [1.29, 1.82) is 0 Å². The number of esters is 2. The molecule has 0 spiro atoms. The quantitative estimate of drug-likeness (QED) is 0.599. The Morgan fingerprint density at radius 2 is 2.04 bits per heavy atom. The Kier molecular flexibility index (Phi) is 3.82. The van der Waals surface area contributed by atoms with Gasteiger partial charge in [0.2, 0.25) is 0 Å². The fraction of sp³-hybridized carbons (Fsp3) is 0.389. The molecule has 26 heavy (non-hydrogen) atoms. The molecule has 2 aliphatic rings. The molecule has 0 bridgehead atoms. The molecule has 4 rings (SSSR count). The van der Waals surface area contributed by atoms with Crippen LogP contribution in [-0.4, -0.2) is 32.4 Å². The number of aryl methyl sites for hydroxylation is 1. The molecule has 1 aromatic heterocycles. The Morgan fingerprint density at radius 3 is 2.77 bits per heavy atom. The molecule has 1 fully saturated rings. The van der Waals surface area contributed by atoms with E-state index in [4.69, 9.17) is 18.6 Å². The average molecular weight is 360 g/mol. The Morgan fingerprint density at radius 1 is 1.23 bits per heavy atom. The monoisotopic (exact) mass is 360 g/mol. The summed E-state index contributed by atoms with van der Waals surface area (Å²) in [4.78, 5) is 35.2. The average Bonchev–Trinajstić information content (AvgIpc) is 3.13. The van der Waals surface area contributed by atoms with E-state index >= 15 is 0 Å². The van der Waals surface area contributed by atoms with Crippen LogP contribution in [0.5, 0.6) is 11.5 Å². The number of methoxy groups -OCH3 is 2. The summed E-state index contributed by atoms with van der Waals surface area (Å²) < 4.78 is 26.4. The first-order valence-corrected chi connectivity index (χ1v) is 8.12. The summed E-state index contributed by atoms with van der Waals surface area (Å²) >= 11 is 0. The molecule has 2 aromatic rings. The smallest absolute Gasteiger partial charge is 0.336 e. The molecule has 0 N–H and O–H groups in total. The fourth-order valence-corrected chi connectivity index (χ4v) is 3.53. The molecule has 1 saturated heterocycles. The normalized spacial score (nSPS) is 20.3. The van der Waals surface area contributed by atoms with Gasteiger partial charge in [0, 0.05) is 24.1 Å². The van der Waals surface area contributed by atoms with Crippen molar-refractivity contribution in [2.75, 3.05) is 14.2 Å². The zero-order valence-electron chi connectivity index (χ0n) is 14.2. The largest absolute Gasteiger partial charge is 0.496 e. The molecule has 3 heterocycles. The number of fused-ring (bicyclic) bond motifs is 5. The van der Waals surface area contributed by atoms with Crippen molar-refractivity contribution in [2.45, 2.75) is 31.5 Å². The van der Waals surface area contributed by atoms with Crippen LogP contribution in [0.4, 0.5) is 0 Å². The van der Waals surface area contributed by atoms with Crippen molar-refractivity contribution in [2.24, 2.45) is 0 Å². The maximum absolute atomic E-state index is 12.1. The lowest BCUT2D eigenvalue weighted by Gasteiger charge is -2.13. The second-order valence-corrected chi connectivity index (χ2v) is 6.15. The number of rotatable bonds is 4. The molecule has 2 aliphatic heterocycles. The SMILES string of the molecule is COC(=O)CCc1cc(=O)oc2c3c(cc(OC)c12)OC1OC(=O)CC31. The first kappa shape index (κ1) is 16.4. The van der Waals surface area contributed by atoms with Crippen molar-refractivity contribution < 1.29 is 33.0 Å². The molecule has 1 aromatic carbocycles. The number of hydrogen-bond donors (Lipinski definition) is 0. The Labute approximate surface area is 147 Å². The van der Waals surface area contributed by atoms with E-state index in [1.54, 1.807) is 6.07 Å². The Balaban J connectivity index is 1.91. The predicted molar refractivity (Wildman–Crippen MR) is 87.2 cm³/mol. The zero-order valence-corrected chi connectivity index (χ0v) is 14.2. The van der Waals surface area contributed by atoms with E-state index in [9.17, 15) is 14.4 Å². The molecule has 2 atom stereocenters. The van der Waals surface area contributed by atoms with E-state index in [0.717, 1.165) is 0 Å². The minimum atomic E-state index is -0.725. The third-order valence-electron chi connectivity index (χ3n) is 4.68. The van der Waals surface area contributed by atoms with Crippen molar-refractivity contribution in [1.82, 2.24) is 0 Å². The fourth-order valence-electron chi connectivity index (χ4n) is 3.53. The van der Waals surface area contributed by atoms with E-state index in [2.05, 4.69) is 4.74 Å². The van der Waals surface area contributed by atoms with Crippen LogP contribution in [0.3, 0.4) is 0 Å². The molecular formula is C18H16O8. The minimum Gasteiger partial charge on any atom is -0.496 e. The second kappa shape index (κ2) is 6.05. The molecule has 0 saturated carbocycles. The maximum atomic E-state index is 12.1. The number of carbonyl (C=O) groups is 2. The van der Waals surface area contributed by atoms with Gasteiger partial charge in [-0.25, -0.2) is 4.79 Å². The molecule has 8 nitrogen and oxygen atoms in total. The van der Waals surface area contributed by atoms with E-state index < -0.39 is 11.9 Å². The third kappa shape index (κ3) is 2.49. The molecular weight excluding hydrogens is 344 g/mol. The number of ether oxygens (including phenoxy) is 4. The van der Waals surface area contributed by atoms with Gasteiger partial charge in [-0.1, -0.05) is 0 Å². The van der Waals surface area contributed by atoms with Crippen LogP contribution in [-0.2, 0) is 25.5 Å². The van der Waals surface area contributed by atoms with E-state index in [1.165, 1.54) is 20.3 Å². The summed E-state index contributed by atoms with van der Waals surface area (Å²) in [5.41, 5.74) is 0.975.